The molecule has 3 aromatic rings. The van der Waals surface area contributed by atoms with Crippen LogP contribution in [-0.4, -0.2) is 24.7 Å². The number of aromatic nitrogens is 5. The zero-order valence-electron chi connectivity index (χ0n) is 11.9. The number of pyridine rings is 1. The van der Waals surface area contributed by atoms with Crippen LogP contribution in [0.15, 0.2) is 49.2 Å². The molecule has 0 aliphatic heterocycles. The van der Waals surface area contributed by atoms with Crippen LogP contribution in [-0.2, 0) is 0 Å². The molecule has 0 saturated heterocycles. The molecule has 1 unspecified atom stereocenters. The molecule has 21 heavy (non-hydrogen) atoms. The average Bonchev–Trinajstić information content (AvgIpc) is 3.02. The Balaban J connectivity index is 1.75. The number of nitrogens with zero attached hydrogens (tertiary/aromatic N) is 5. The van der Waals surface area contributed by atoms with E-state index in [0.29, 0.717) is 0 Å². The number of rotatable bonds is 4. The summed E-state index contributed by atoms with van der Waals surface area (Å²) in [5, 5.41) is 7.53. The molecule has 0 aromatic carbocycles. The highest BCUT2D eigenvalue weighted by atomic mass is 15.3. The van der Waals surface area contributed by atoms with Crippen molar-refractivity contribution in [3.8, 4) is 5.82 Å². The van der Waals surface area contributed by atoms with Crippen LogP contribution >= 0.6 is 0 Å². The Morgan fingerprint density at radius 2 is 1.95 bits per heavy atom. The normalized spacial score (nSPS) is 12.1. The van der Waals surface area contributed by atoms with Crippen LogP contribution in [0, 0.1) is 6.92 Å². The van der Waals surface area contributed by atoms with Crippen LogP contribution in [0.5, 0.6) is 0 Å². The zero-order chi connectivity index (χ0) is 14.7. The van der Waals surface area contributed by atoms with E-state index in [0.717, 1.165) is 22.9 Å². The second-order valence-corrected chi connectivity index (χ2v) is 4.75. The number of anilines is 1. The molecule has 1 N–H and O–H groups in total. The Morgan fingerprint density at radius 1 is 1.10 bits per heavy atom. The van der Waals surface area contributed by atoms with Crippen LogP contribution in [0.25, 0.3) is 5.82 Å². The minimum Gasteiger partial charge on any atom is -0.376 e. The summed E-state index contributed by atoms with van der Waals surface area (Å²) in [6.07, 6.45) is 8.79. The second-order valence-electron chi connectivity index (χ2n) is 4.75. The quantitative estimate of drug-likeness (QED) is 0.795. The van der Waals surface area contributed by atoms with Gasteiger partial charge in [0.2, 0.25) is 0 Å². The Morgan fingerprint density at radius 3 is 2.62 bits per heavy atom. The molecule has 0 amide bonds. The molecule has 0 saturated carbocycles. The highest BCUT2D eigenvalue weighted by Crippen LogP contribution is 2.19. The first-order valence-corrected chi connectivity index (χ1v) is 6.74. The van der Waals surface area contributed by atoms with Gasteiger partial charge in [0.05, 0.1) is 29.3 Å². The van der Waals surface area contributed by atoms with Gasteiger partial charge in [-0.2, -0.15) is 5.10 Å². The topological polar surface area (TPSA) is 68.5 Å². The summed E-state index contributed by atoms with van der Waals surface area (Å²) in [7, 11) is 0. The van der Waals surface area contributed by atoms with Crippen LogP contribution < -0.4 is 5.32 Å². The number of aryl methyl sites for hydroxylation is 1. The van der Waals surface area contributed by atoms with Gasteiger partial charge in [-0.25, -0.2) is 9.67 Å². The van der Waals surface area contributed by atoms with Crippen molar-refractivity contribution >= 4 is 5.69 Å². The summed E-state index contributed by atoms with van der Waals surface area (Å²) in [4.78, 5) is 13.0. The van der Waals surface area contributed by atoms with Crippen molar-refractivity contribution in [2.24, 2.45) is 0 Å². The Kier molecular flexibility index (Phi) is 3.59. The molecule has 106 valence electrons. The van der Waals surface area contributed by atoms with Crippen LogP contribution in [0.1, 0.15) is 24.4 Å². The van der Waals surface area contributed by atoms with Crippen molar-refractivity contribution in [2.45, 2.75) is 19.9 Å². The Bertz CT molecular complexity index is 705. The predicted octanol–water partition coefficient (Wildman–Crippen LogP) is 2.54. The van der Waals surface area contributed by atoms with E-state index in [2.05, 4.69) is 32.3 Å². The second kappa shape index (κ2) is 5.70. The molecule has 3 aromatic heterocycles. The van der Waals surface area contributed by atoms with Crippen molar-refractivity contribution in [1.82, 2.24) is 24.7 Å². The van der Waals surface area contributed by atoms with Gasteiger partial charge in [0.25, 0.3) is 0 Å². The smallest absolute Gasteiger partial charge is 0.153 e. The molecular weight excluding hydrogens is 264 g/mol. The molecule has 0 aliphatic carbocycles. The van der Waals surface area contributed by atoms with Gasteiger partial charge in [-0.05, 0) is 32.0 Å². The van der Waals surface area contributed by atoms with Gasteiger partial charge in [0.1, 0.15) is 0 Å². The molecule has 1 atom stereocenters. The third-order valence-electron chi connectivity index (χ3n) is 3.20. The van der Waals surface area contributed by atoms with E-state index in [1.54, 1.807) is 29.5 Å². The summed E-state index contributed by atoms with van der Waals surface area (Å²) in [5.74, 6) is 0.786. The standard InChI is InChI=1S/C15H16N6/c1-11-15(17-8-7-16-11)12(2)20-13-4-5-14(18-10-13)21-9-3-6-19-21/h3-10,12,20H,1-2H3. The van der Waals surface area contributed by atoms with Gasteiger partial charge in [-0.3, -0.25) is 9.97 Å². The van der Waals surface area contributed by atoms with Gasteiger partial charge in [0.15, 0.2) is 5.82 Å². The Hall–Kier alpha value is -2.76. The maximum Gasteiger partial charge on any atom is 0.153 e. The van der Waals surface area contributed by atoms with Crippen molar-refractivity contribution in [1.29, 1.82) is 0 Å². The fourth-order valence-corrected chi connectivity index (χ4v) is 2.17. The van der Waals surface area contributed by atoms with Crippen LogP contribution in [0.4, 0.5) is 5.69 Å². The van der Waals surface area contributed by atoms with E-state index < -0.39 is 0 Å². The summed E-state index contributed by atoms with van der Waals surface area (Å²) in [5.41, 5.74) is 2.80. The minimum atomic E-state index is 0.0658. The zero-order valence-corrected chi connectivity index (χ0v) is 11.9. The summed E-state index contributed by atoms with van der Waals surface area (Å²) < 4.78 is 1.72. The maximum absolute atomic E-state index is 4.39. The molecule has 0 bridgehead atoms. The Labute approximate surface area is 122 Å². The lowest BCUT2D eigenvalue weighted by Crippen LogP contribution is -2.11. The van der Waals surface area contributed by atoms with E-state index >= 15 is 0 Å². The fraction of sp³-hybridized carbons (Fsp3) is 0.200. The first-order chi connectivity index (χ1) is 10.2. The van der Waals surface area contributed by atoms with E-state index in [4.69, 9.17) is 0 Å². The number of nitrogens with one attached hydrogen (secondary N) is 1. The fourth-order valence-electron chi connectivity index (χ4n) is 2.17. The molecule has 0 spiro atoms. The van der Waals surface area contributed by atoms with Gasteiger partial charge in [-0.1, -0.05) is 0 Å². The van der Waals surface area contributed by atoms with E-state index in [9.17, 15) is 0 Å². The maximum atomic E-state index is 4.39. The van der Waals surface area contributed by atoms with Crippen molar-refractivity contribution in [3.63, 3.8) is 0 Å². The molecule has 6 nitrogen and oxygen atoms in total. The highest BCUT2D eigenvalue weighted by molar-refractivity contribution is 5.45. The lowest BCUT2D eigenvalue weighted by molar-refractivity contribution is 0.806. The van der Waals surface area contributed by atoms with Gasteiger partial charge in [0, 0.05) is 24.8 Å². The summed E-state index contributed by atoms with van der Waals surface area (Å²) >= 11 is 0. The van der Waals surface area contributed by atoms with Crippen molar-refractivity contribution < 1.29 is 0 Å². The monoisotopic (exact) mass is 280 g/mol. The molecule has 3 rings (SSSR count). The van der Waals surface area contributed by atoms with E-state index in [1.165, 1.54) is 0 Å². The molecule has 0 aliphatic rings. The largest absolute Gasteiger partial charge is 0.376 e. The number of hydrogen-bond acceptors (Lipinski definition) is 5. The third-order valence-corrected chi connectivity index (χ3v) is 3.20. The molecule has 0 fully saturated rings. The van der Waals surface area contributed by atoms with Gasteiger partial charge < -0.3 is 5.32 Å². The first-order valence-electron chi connectivity index (χ1n) is 6.74. The molecular formula is C15H16N6. The predicted molar refractivity (Wildman–Crippen MR) is 80.2 cm³/mol. The van der Waals surface area contributed by atoms with Crippen LogP contribution in [0.2, 0.25) is 0 Å². The highest BCUT2D eigenvalue weighted by Gasteiger charge is 2.10. The van der Waals surface area contributed by atoms with Crippen molar-refractivity contribution in [2.75, 3.05) is 5.32 Å². The molecule has 3 heterocycles. The first kappa shape index (κ1) is 13.2. The van der Waals surface area contributed by atoms with E-state index in [1.807, 2.05) is 31.3 Å². The van der Waals surface area contributed by atoms with Gasteiger partial charge >= 0.3 is 0 Å². The summed E-state index contributed by atoms with van der Waals surface area (Å²) in [6, 6.07) is 5.83. The van der Waals surface area contributed by atoms with Gasteiger partial charge in [-0.15, -0.1) is 0 Å². The lowest BCUT2D eigenvalue weighted by atomic mass is 10.2. The number of hydrogen-bond donors (Lipinski definition) is 1. The SMILES string of the molecule is Cc1nccnc1C(C)Nc1ccc(-n2cccn2)nc1. The molecule has 0 radical (unpaired) electrons. The lowest BCUT2D eigenvalue weighted by Gasteiger charge is -2.16. The molecule has 6 heteroatoms. The summed E-state index contributed by atoms with van der Waals surface area (Å²) in [6.45, 7) is 4.01. The third kappa shape index (κ3) is 2.89. The van der Waals surface area contributed by atoms with Crippen molar-refractivity contribution in [3.05, 3.63) is 60.6 Å². The average molecular weight is 280 g/mol. The van der Waals surface area contributed by atoms with E-state index in [-0.39, 0.29) is 6.04 Å². The van der Waals surface area contributed by atoms with Crippen LogP contribution in [0.3, 0.4) is 0 Å². The minimum absolute atomic E-state index is 0.0658.